The number of amides is 1. The van der Waals surface area contributed by atoms with Gasteiger partial charge < -0.3 is 25.2 Å². The van der Waals surface area contributed by atoms with E-state index in [-0.39, 0.29) is 0 Å². The van der Waals surface area contributed by atoms with Crippen molar-refractivity contribution in [2.45, 2.75) is 24.4 Å². The minimum atomic E-state index is -1.68. The molecule has 1 fully saturated rings. The molecule has 1 aliphatic heterocycles. The van der Waals surface area contributed by atoms with Crippen molar-refractivity contribution in [2.75, 3.05) is 11.9 Å². The van der Waals surface area contributed by atoms with Gasteiger partial charge in [0.15, 0.2) is 12.2 Å². The van der Waals surface area contributed by atoms with E-state index < -0.39 is 43.0 Å². The Morgan fingerprint density at radius 2 is 1.91 bits per heavy atom. The first-order valence-corrected chi connectivity index (χ1v) is 6.45. The Morgan fingerprint density at radius 1 is 1.23 bits per heavy atom. The fraction of sp³-hybridized carbons (Fsp3) is 0.385. The molecule has 1 aromatic rings. The second kappa shape index (κ2) is 7.18. The van der Waals surface area contributed by atoms with E-state index in [0.717, 1.165) is 0 Å². The topological polar surface area (TPSA) is 141 Å². The van der Waals surface area contributed by atoms with Gasteiger partial charge in [-0.3, -0.25) is 10.2 Å². The average molecular weight is 312 g/mol. The van der Waals surface area contributed by atoms with Gasteiger partial charge in [-0.25, -0.2) is 4.79 Å². The summed E-state index contributed by atoms with van der Waals surface area (Å²) in [4.78, 5) is 16.0. The number of rotatable bonds is 3. The van der Waals surface area contributed by atoms with Crippen LogP contribution in [0.25, 0.3) is 0 Å². The van der Waals surface area contributed by atoms with Crippen molar-refractivity contribution in [3.05, 3.63) is 30.3 Å². The summed E-state index contributed by atoms with van der Waals surface area (Å²) in [5.41, 5.74) is 0.474. The molecule has 0 spiro atoms. The van der Waals surface area contributed by atoms with Crippen LogP contribution >= 0.6 is 0 Å². The van der Waals surface area contributed by atoms with Gasteiger partial charge in [-0.05, 0) is 17.3 Å². The fourth-order valence-electron chi connectivity index (χ4n) is 1.82. The van der Waals surface area contributed by atoms with E-state index >= 15 is 0 Å². The molecular formula is C13H16N2O7. The van der Waals surface area contributed by atoms with Crippen LogP contribution in [0.5, 0.6) is 0 Å². The van der Waals surface area contributed by atoms with E-state index in [1.165, 1.54) is 0 Å². The number of hydrogen-bond donors (Lipinski definition) is 5. The lowest BCUT2D eigenvalue weighted by molar-refractivity contribution is -0.130. The quantitative estimate of drug-likeness (QED) is 0.357. The lowest BCUT2D eigenvalue weighted by Crippen LogP contribution is -2.56. The van der Waals surface area contributed by atoms with Gasteiger partial charge in [0.25, 0.3) is 5.90 Å². The first-order valence-electron chi connectivity index (χ1n) is 6.45. The lowest BCUT2D eigenvalue weighted by atomic mass is 10.00. The number of nitrogens with one attached hydrogen (secondary N) is 1. The number of oxime groups is 1. The smallest absolute Gasteiger partial charge is 0.437 e. The average Bonchev–Trinajstić information content (AvgIpc) is 2.53. The first-order chi connectivity index (χ1) is 10.5. The number of nitrogens with zero attached hydrogens (tertiary/aromatic N) is 1. The summed E-state index contributed by atoms with van der Waals surface area (Å²) < 4.78 is 4.97. The van der Waals surface area contributed by atoms with Crippen LogP contribution < -0.4 is 5.32 Å². The Bertz CT molecular complexity index is 534. The van der Waals surface area contributed by atoms with Crippen molar-refractivity contribution in [3.63, 3.8) is 0 Å². The van der Waals surface area contributed by atoms with Gasteiger partial charge in [0.1, 0.15) is 12.2 Å². The second-order valence-corrected chi connectivity index (χ2v) is 4.56. The van der Waals surface area contributed by atoms with E-state index in [0.29, 0.717) is 5.69 Å². The zero-order chi connectivity index (χ0) is 16.1. The number of hydrogen-bond acceptors (Lipinski definition) is 8. The Kier molecular flexibility index (Phi) is 5.28. The van der Waals surface area contributed by atoms with Crippen LogP contribution in [0.15, 0.2) is 35.5 Å². The fourth-order valence-corrected chi connectivity index (χ4v) is 1.82. The van der Waals surface area contributed by atoms with E-state index in [2.05, 4.69) is 15.3 Å². The molecule has 0 unspecified atom stereocenters. The van der Waals surface area contributed by atoms with E-state index in [4.69, 9.17) is 9.84 Å². The number of ether oxygens (including phenoxy) is 1. The third-order valence-electron chi connectivity index (χ3n) is 3.00. The molecular weight excluding hydrogens is 296 g/mol. The molecule has 0 radical (unpaired) electrons. The molecule has 0 saturated carbocycles. The molecule has 1 amide bonds. The standard InChI is InChI=1S/C13H16N2O7/c16-6-8-9(17)10(18)11(19)12(21-8)15-22-13(20)14-7-4-2-1-3-5-7/h1-5,8-11,16-19H,6H2,(H,14,20)/b15-12+/t8-,9+,10+,11-/m0/s1. The Labute approximate surface area is 125 Å². The van der Waals surface area contributed by atoms with Gasteiger partial charge in [-0.1, -0.05) is 18.2 Å². The van der Waals surface area contributed by atoms with Gasteiger partial charge in [-0.2, -0.15) is 0 Å². The number of benzene rings is 1. The molecule has 0 bridgehead atoms. The molecule has 0 aromatic heterocycles. The molecule has 9 nitrogen and oxygen atoms in total. The molecule has 1 aliphatic rings. The minimum Gasteiger partial charge on any atom is -0.468 e. The number of anilines is 1. The summed E-state index contributed by atoms with van der Waals surface area (Å²) in [5.74, 6) is -0.514. The molecule has 22 heavy (non-hydrogen) atoms. The summed E-state index contributed by atoms with van der Waals surface area (Å²) in [7, 11) is 0. The molecule has 4 atom stereocenters. The van der Waals surface area contributed by atoms with Crippen LogP contribution in [-0.2, 0) is 9.57 Å². The predicted octanol–water partition coefficient (Wildman–Crippen LogP) is -0.978. The van der Waals surface area contributed by atoms with Gasteiger partial charge >= 0.3 is 6.09 Å². The number of carbonyl (C=O) groups excluding carboxylic acids is 1. The minimum absolute atomic E-state index is 0.474. The zero-order valence-electron chi connectivity index (χ0n) is 11.4. The highest BCUT2D eigenvalue weighted by atomic mass is 16.7. The van der Waals surface area contributed by atoms with Crippen LogP contribution in [-0.4, -0.2) is 63.4 Å². The molecule has 1 saturated heterocycles. The molecule has 2 rings (SSSR count). The number of carbonyl (C=O) groups is 1. The molecule has 1 heterocycles. The van der Waals surface area contributed by atoms with Crippen molar-refractivity contribution in [1.29, 1.82) is 0 Å². The predicted molar refractivity (Wildman–Crippen MR) is 74.0 cm³/mol. The van der Waals surface area contributed by atoms with Crippen LogP contribution in [0.3, 0.4) is 0 Å². The third-order valence-corrected chi connectivity index (χ3v) is 3.00. The van der Waals surface area contributed by atoms with Crippen LogP contribution in [0.4, 0.5) is 10.5 Å². The summed E-state index contributed by atoms with van der Waals surface area (Å²) in [6, 6.07) is 8.44. The third kappa shape index (κ3) is 3.71. The summed E-state index contributed by atoms with van der Waals surface area (Å²) in [5, 5.41) is 43.5. The molecule has 120 valence electrons. The summed E-state index contributed by atoms with van der Waals surface area (Å²) in [6.07, 6.45) is -6.90. The molecule has 5 N–H and O–H groups in total. The molecule has 1 aromatic carbocycles. The van der Waals surface area contributed by atoms with Crippen molar-refractivity contribution < 1.29 is 34.8 Å². The highest BCUT2D eigenvalue weighted by molar-refractivity contribution is 5.86. The van der Waals surface area contributed by atoms with Crippen LogP contribution in [0.1, 0.15) is 0 Å². The number of aliphatic hydroxyl groups excluding tert-OH is 4. The van der Waals surface area contributed by atoms with Crippen molar-refractivity contribution in [1.82, 2.24) is 0 Å². The van der Waals surface area contributed by atoms with E-state index in [9.17, 15) is 20.1 Å². The first kappa shape index (κ1) is 16.2. The lowest BCUT2D eigenvalue weighted by Gasteiger charge is -2.34. The Morgan fingerprint density at radius 3 is 2.55 bits per heavy atom. The normalized spacial score (nSPS) is 29.7. The summed E-state index contributed by atoms with van der Waals surface area (Å²) in [6.45, 7) is -0.611. The van der Waals surface area contributed by atoms with Gasteiger partial charge in [-0.15, -0.1) is 0 Å². The Hall–Kier alpha value is -2.20. The largest absolute Gasteiger partial charge is 0.468 e. The van der Waals surface area contributed by atoms with Gasteiger partial charge in [0.05, 0.1) is 6.61 Å². The van der Waals surface area contributed by atoms with Crippen LogP contribution in [0, 0.1) is 0 Å². The maximum atomic E-state index is 11.5. The van der Waals surface area contributed by atoms with Gasteiger partial charge in [0, 0.05) is 5.69 Å². The maximum absolute atomic E-state index is 11.5. The van der Waals surface area contributed by atoms with Crippen molar-refractivity contribution in [3.8, 4) is 0 Å². The number of para-hydroxylation sites is 1. The molecule has 0 aliphatic carbocycles. The van der Waals surface area contributed by atoms with E-state index in [1.54, 1.807) is 30.3 Å². The van der Waals surface area contributed by atoms with Crippen LogP contribution in [0.2, 0.25) is 0 Å². The van der Waals surface area contributed by atoms with Gasteiger partial charge in [0.2, 0.25) is 0 Å². The number of aliphatic hydroxyl groups is 4. The van der Waals surface area contributed by atoms with Crippen molar-refractivity contribution in [2.24, 2.45) is 5.16 Å². The monoisotopic (exact) mass is 312 g/mol. The maximum Gasteiger partial charge on any atom is 0.437 e. The SMILES string of the molecule is O=C(Nc1ccccc1)O/N=C1/O[C@@H](CO)[C@@H](O)[C@@H](O)[C@@H]1O. The summed E-state index contributed by atoms with van der Waals surface area (Å²) >= 11 is 0. The highest BCUT2D eigenvalue weighted by Gasteiger charge is 2.42. The Balaban J connectivity index is 1.98. The highest BCUT2D eigenvalue weighted by Crippen LogP contribution is 2.17. The zero-order valence-corrected chi connectivity index (χ0v) is 11.4. The second-order valence-electron chi connectivity index (χ2n) is 4.56. The van der Waals surface area contributed by atoms with E-state index in [1.807, 2.05) is 0 Å². The van der Waals surface area contributed by atoms with Crippen molar-refractivity contribution >= 4 is 17.7 Å². The molecule has 9 heteroatoms.